The number of benzene rings is 1. The summed E-state index contributed by atoms with van der Waals surface area (Å²) >= 11 is 12.1. The first-order chi connectivity index (χ1) is 11.6. The van der Waals surface area contributed by atoms with Gasteiger partial charge in [-0.25, -0.2) is 0 Å². The van der Waals surface area contributed by atoms with Crippen LogP contribution in [0.2, 0.25) is 10.0 Å². The zero-order valence-corrected chi connectivity index (χ0v) is 15.1. The Bertz CT molecular complexity index is 631. The van der Waals surface area contributed by atoms with Gasteiger partial charge < -0.3 is 10.2 Å². The van der Waals surface area contributed by atoms with E-state index in [-0.39, 0.29) is 23.8 Å². The van der Waals surface area contributed by atoms with E-state index in [2.05, 4.69) is 5.32 Å². The van der Waals surface area contributed by atoms with E-state index in [4.69, 9.17) is 23.2 Å². The smallest absolute Gasteiger partial charge is 0.223 e. The van der Waals surface area contributed by atoms with Crippen LogP contribution in [0.5, 0.6) is 0 Å². The third kappa shape index (κ3) is 4.22. The third-order valence-corrected chi connectivity index (χ3v) is 5.46. The van der Waals surface area contributed by atoms with Gasteiger partial charge in [0.05, 0.1) is 16.1 Å². The fourth-order valence-corrected chi connectivity index (χ4v) is 3.52. The highest BCUT2D eigenvalue weighted by Gasteiger charge is 2.31. The number of halogens is 2. The lowest BCUT2D eigenvalue weighted by Gasteiger charge is -2.25. The average molecular weight is 369 g/mol. The topological polar surface area (TPSA) is 49.4 Å². The van der Waals surface area contributed by atoms with Crippen molar-refractivity contribution in [1.29, 1.82) is 0 Å². The zero-order valence-electron chi connectivity index (χ0n) is 13.6. The fraction of sp³-hybridized carbons (Fsp3) is 0.556. The highest BCUT2D eigenvalue weighted by molar-refractivity contribution is 6.42. The number of rotatable bonds is 6. The number of hydrogen-bond donors (Lipinski definition) is 1. The van der Waals surface area contributed by atoms with Gasteiger partial charge in [0, 0.05) is 25.4 Å². The van der Waals surface area contributed by atoms with Gasteiger partial charge in [-0.3, -0.25) is 9.59 Å². The number of carbonyl (C=O) groups is 2. The molecule has 1 aromatic rings. The van der Waals surface area contributed by atoms with Gasteiger partial charge in [0.15, 0.2) is 0 Å². The van der Waals surface area contributed by atoms with E-state index in [0.717, 1.165) is 37.8 Å². The van der Waals surface area contributed by atoms with Crippen molar-refractivity contribution in [3.05, 3.63) is 33.8 Å². The minimum atomic E-state index is 0.0771. The van der Waals surface area contributed by atoms with Crippen LogP contribution >= 0.6 is 23.2 Å². The molecule has 2 fully saturated rings. The maximum absolute atomic E-state index is 12.5. The van der Waals surface area contributed by atoms with Crippen LogP contribution in [0.25, 0.3) is 0 Å². The average Bonchev–Trinajstić information content (AvgIpc) is 3.31. The van der Waals surface area contributed by atoms with Crippen molar-refractivity contribution in [1.82, 2.24) is 10.2 Å². The molecule has 2 aliphatic rings. The molecule has 130 valence electrons. The molecule has 1 saturated carbocycles. The van der Waals surface area contributed by atoms with Crippen LogP contribution < -0.4 is 5.32 Å². The van der Waals surface area contributed by atoms with Crippen LogP contribution in [-0.4, -0.2) is 29.8 Å². The van der Waals surface area contributed by atoms with E-state index in [9.17, 15) is 9.59 Å². The van der Waals surface area contributed by atoms with Crippen LogP contribution in [-0.2, 0) is 9.59 Å². The van der Waals surface area contributed by atoms with Gasteiger partial charge in [-0.15, -0.1) is 0 Å². The molecule has 1 aliphatic heterocycles. The Labute approximate surface area is 152 Å². The zero-order chi connectivity index (χ0) is 17.1. The second-order valence-corrected chi connectivity index (χ2v) is 7.40. The molecule has 6 heteroatoms. The van der Waals surface area contributed by atoms with Crippen LogP contribution in [0.3, 0.4) is 0 Å². The summed E-state index contributed by atoms with van der Waals surface area (Å²) in [7, 11) is 0. The molecular weight excluding hydrogens is 347 g/mol. The molecule has 1 aliphatic carbocycles. The van der Waals surface area contributed by atoms with E-state index in [1.807, 2.05) is 17.0 Å². The van der Waals surface area contributed by atoms with Crippen LogP contribution in [0.4, 0.5) is 0 Å². The fourth-order valence-electron chi connectivity index (χ4n) is 3.22. The second-order valence-electron chi connectivity index (χ2n) is 6.59. The van der Waals surface area contributed by atoms with Crippen molar-refractivity contribution in [3.63, 3.8) is 0 Å². The van der Waals surface area contributed by atoms with Gasteiger partial charge in [-0.05, 0) is 49.8 Å². The first-order valence-corrected chi connectivity index (χ1v) is 9.34. The molecule has 24 heavy (non-hydrogen) atoms. The number of amides is 2. The molecule has 0 aromatic heterocycles. The van der Waals surface area contributed by atoms with Crippen LogP contribution in [0, 0.1) is 5.92 Å². The molecule has 0 radical (unpaired) electrons. The summed E-state index contributed by atoms with van der Waals surface area (Å²) in [6, 6.07) is 5.66. The molecule has 1 N–H and O–H groups in total. The summed E-state index contributed by atoms with van der Waals surface area (Å²) < 4.78 is 0. The first kappa shape index (κ1) is 17.6. The van der Waals surface area contributed by atoms with Gasteiger partial charge >= 0.3 is 0 Å². The lowest BCUT2D eigenvalue weighted by Crippen LogP contribution is -2.32. The second kappa shape index (κ2) is 7.75. The summed E-state index contributed by atoms with van der Waals surface area (Å²) in [4.78, 5) is 26.0. The molecule has 4 nitrogen and oxygen atoms in total. The third-order valence-electron chi connectivity index (χ3n) is 4.72. The maximum atomic E-state index is 12.5. The van der Waals surface area contributed by atoms with E-state index in [1.54, 1.807) is 6.07 Å². The van der Waals surface area contributed by atoms with Gasteiger partial charge in [0.2, 0.25) is 11.8 Å². The lowest BCUT2D eigenvalue weighted by molar-refractivity contribution is -0.132. The van der Waals surface area contributed by atoms with Crippen molar-refractivity contribution < 1.29 is 9.59 Å². The molecule has 0 spiro atoms. The van der Waals surface area contributed by atoms with Gasteiger partial charge in [-0.2, -0.15) is 0 Å². The van der Waals surface area contributed by atoms with Crippen molar-refractivity contribution in [2.75, 3.05) is 13.1 Å². The molecule has 1 heterocycles. The highest BCUT2D eigenvalue weighted by atomic mass is 35.5. The first-order valence-electron chi connectivity index (χ1n) is 8.58. The summed E-state index contributed by atoms with van der Waals surface area (Å²) in [5.74, 6) is 0.500. The summed E-state index contributed by atoms with van der Waals surface area (Å²) in [5.41, 5.74) is 1.04. The molecule has 0 bridgehead atoms. The Morgan fingerprint density at radius 3 is 2.67 bits per heavy atom. The van der Waals surface area contributed by atoms with E-state index in [1.165, 1.54) is 0 Å². The molecule has 1 saturated heterocycles. The summed E-state index contributed by atoms with van der Waals surface area (Å²) in [5, 5.41) is 3.96. The number of hydrogen-bond acceptors (Lipinski definition) is 2. The Morgan fingerprint density at radius 1 is 1.17 bits per heavy atom. The summed E-state index contributed by atoms with van der Waals surface area (Å²) in [6.45, 7) is 1.35. The Kier molecular flexibility index (Phi) is 5.67. The number of likely N-dealkylation sites (tertiary alicyclic amines) is 1. The summed E-state index contributed by atoms with van der Waals surface area (Å²) in [6.07, 6.45) is 5.09. The lowest BCUT2D eigenvalue weighted by atomic mass is 10.0. The predicted molar refractivity (Wildman–Crippen MR) is 95.1 cm³/mol. The molecule has 3 rings (SSSR count). The minimum Gasteiger partial charge on any atom is -0.356 e. The van der Waals surface area contributed by atoms with E-state index in [0.29, 0.717) is 29.4 Å². The highest BCUT2D eigenvalue weighted by Crippen LogP contribution is 2.35. The predicted octanol–water partition coefficient (Wildman–Crippen LogP) is 3.96. The normalized spacial score (nSPS) is 20.2. The largest absolute Gasteiger partial charge is 0.356 e. The van der Waals surface area contributed by atoms with Crippen LogP contribution in [0.15, 0.2) is 18.2 Å². The van der Waals surface area contributed by atoms with Crippen molar-refractivity contribution in [2.45, 2.75) is 44.6 Å². The number of carbonyl (C=O) groups excluding carboxylic acids is 2. The maximum Gasteiger partial charge on any atom is 0.223 e. The van der Waals surface area contributed by atoms with Crippen molar-refractivity contribution >= 4 is 35.0 Å². The van der Waals surface area contributed by atoms with Crippen molar-refractivity contribution in [2.24, 2.45) is 5.92 Å². The number of nitrogens with one attached hydrogen (secondary N) is 1. The molecule has 1 atom stereocenters. The van der Waals surface area contributed by atoms with Gasteiger partial charge in [0.1, 0.15) is 0 Å². The van der Waals surface area contributed by atoms with E-state index >= 15 is 0 Å². The Morgan fingerprint density at radius 2 is 1.96 bits per heavy atom. The molecule has 1 aromatic carbocycles. The van der Waals surface area contributed by atoms with Crippen molar-refractivity contribution in [3.8, 4) is 0 Å². The Balaban J connectivity index is 1.51. The Hall–Kier alpha value is -1.26. The monoisotopic (exact) mass is 368 g/mol. The standard InChI is InChI=1S/C18H22Cl2N2O2/c19-14-8-7-13(11-15(14)20)16-3-2-10-22(16)17(23)4-1-9-21-18(24)12-5-6-12/h7-8,11-12,16H,1-6,9-10H2,(H,21,24). The molecular formula is C18H22Cl2N2O2. The number of nitrogens with zero attached hydrogens (tertiary/aromatic N) is 1. The van der Waals surface area contributed by atoms with Gasteiger partial charge in [-0.1, -0.05) is 29.3 Å². The quantitative estimate of drug-likeness (QED) is 0.772. The van der Waals surface area contributed by atoms with Crippen LogP contribution in [0.1, 0.15) is 50.1 Å². The molecule has 1 unspecified atom stereocenters. The molecule has 2 amide bonds. The van der Waals surface area contributed by atoms with E-state index < -0.39 is 0 Å². The minimum absolute atomic E-state index is 0.0771. The SMILES string of the molecule is O=C(NCCCC(=O)N1CCCC1c1ccc(Cl)c(Cl)c1)C1CC1. The van der Waals surface area contributed by atoms with Gasteiger partial charge in [0.25, 0.3) is 0 Å².